The lowest BCUT2D eigenvalue weighted by Crippen LogP contribution is -2.44. The molecule has 1 heterocycles. The smallest absolute Gasteiger partial charge is 0.133 e. The number of aliphatic hydroxyl groups excluding tert-OH is 1. The van der Waals surface area contributed by atoms with Crippen LogP contribution in [-0.4, -0.2) is 41.0 Å². The molecule has 86 valence electrons. The molecule has 1 aliphatic heterocycles. The highest BCUT2D eigenvalue weighted by Gasteiger charge is 2.36. The Bertz CT molecular complexity index is 232. The van der Waals surface area contributed by atoms with Gasteiger partial charge in [-0.15, -0.1) is 0 Å². The van der Waals surface area contributed by atoms with Crippen LogP contribution in [-0.2, 0) is 4.79 Å². The van der Waals surface area contributed by atoms with Gasteiger partial charge in [-0.3, -0.25) is 9.69 Å². The van der Waals surface area contributed by atoms with E-state index in [0.29, 0.717) is 23.8 Å². The Hall–Kier alpha value is -0.410. The number of likely N-dealkylation sites (tertiary alicyclic amines) is 1. The fourth-order valence-corrected chi connectivity index (χ4v) is 3.03. The van der Waals surface area contributed by atoms with Gasteiger partial charge in [0.15, 0.2) is 0 Å². The summed E-state index contributed by atoms with van der Waals surface area (Å²) in [6.45, 7) is 3.59. The van der Waals surface area contributed by atoms with Crippen LogP contribution in [0.25, 0.3) is 0 Å². The van der Waals surface area contributed by atoms with Crippen LogP contribution in [0.5, 0.6) is 0 Å². The predicted octanol–water partition coefficient (Wildman–Crippen LogP) is 1.20. The lowest BCUT2D eigenvalue weighted by atomic mass is 9.92. The first-order valence-electron chi connectivity index (χ1n) is 6.10. The van der Waals surface area contributed by atoms with Crippen molar-refractivity contribution in [3.63, 3.8) is 0 Å². The van der Waals surface area contributed by atoms with Gasteiger partial charge in [0.2, 0.25) is 0 Å². The molecule has 2 atom stereocenters. The van der Waals surface area contributed by atoms with E-state index >= 15 is 0 Å². The second-order valence-electron chi connectivity index (χ2n) is 5.02. The summed E-state index contributed by atoms with van der Waals surface area (Å²) in [5.74, 6) is 1.02. The molecule has 1 saturated carbocycles. The molecular formula is C12H21NO2. The van der Waals surface area contributed by atoms with Crippen LogP contribution < -0.4 is 0 Å². The largest absolute Gasteiger partial charge is 0.395 e. The Kier molecular flexibility index (Phi) is 3.42. The first-order valence-corrected chi connectivity index (χ1v) is 6.10. The van der Waals surface area contributed by atoms with E-state index in [4.69, 9.17) is 0 Å². The molecule has 1 N–H and O–H groups in total. The van der Waals surface area contributed by atoms with Crippen molar-refractivity contribution in [2.45, 2.75) is 51.1 Å². The second kappa shape index (κ2) is 4.62. The summed E-state index contributed by atoms with van der Waals surface area (Å²) in [4.78, 5) is 13.6. The number of rotatable bonds is 2. The lowest BCUT2D eigenvalue weighted by molar-refractivity contribution is -0.121. The minimum atomic E-state index is 0.269. The molecule has 0 aromatic heterocycles. The molecule has 0 bridgehead atoms. The first-order chi connectivity index (χ1) is 7.22. The second-order valence-corrected chi connectivity index (χ2v) is 5.02. The number of hydrogen-bond donors (Lipinski definition) is 1. The van der Waals surface area contributed by atoms with Crippen LogP contribution in [0.1, 0.15) is 39.0 Å². The third-order valence-corrected chi connectivity index (χ3v) is 4.09. The van der Waals surface area contributed by atoms with Gasteiger partial charge in [0, 0.05) is 24.9 Å². The first kappa shape index (κ1) is 11.1. The summed E-state index contributed by atoms with van der Waals surface area (Å²) in [7, 11) is 0. The van der Waals surface area contributed by atoms with Crippen LogP contribution in [0.4, 0.5) is 0 Å². The summed E-state index contributed by atoms with van der Waals surface area (Å²) in [6.07, 6.45) is 4.68. The van der Waals surface area contributed by atoms with Crippen LogP contribution in [0, 0.1) is 5.92 Å². The molecule has 0 aromatic rings. The molecule has 0 spiro atoms. The minimum absolute atomic E-state index is 0.269. The van der Waals surface area contributed by atoms with E-state index in [1.165, 1.54) is 6.42 Å². The topological polar surface area (TPSA) is 40.5 Å². The van der Waals surface area contributed by atoms with E-state index in [1.54, 1.807) is 0 Å². The monoisotopic (exact) mass is 211 g/mol. The number of hydrogen-bond acceptors (Lipinski definition) is 3. The molecule has 0 amide bonds. The van der Waals surface area contributed by atoms with Crippen LogP contribution in [0.2, 0.25) is 0 Å². The molecule has 3 heteroatoms. The van der Waals surface area contributed by atoms with E-state index in [1.807, 2.05) is 0 Å². The van der Waals surface area contributed by atoms with Crippen molar-refractivity contribution in [1.82, 2.24) is 4.90 Å². The molecule has 0 aromatic carbocycles. The summed E-state index contributed by atoms with van der Waals surface area (Å²) in [5, 5.41) is 9.38. The molecule has 0 radical (unpaired) electrons. The van der Waals surface area contributed by atoms with Gasteiger partial charge in [-0.25, -0.2) is 0 Å². The lowest BCUT2D eigenvalue weighted by Gasteiger charge is -2.35. The number of Topliss-reactive ketones (excluding diaryl/α,β-unsaturated/α-hetero) is 1. The fourth-order valence-electron chi connectivity index (χ4n) is 3.03. The van der Waals surface area contributed by atoms with Gasteiger partial charge in [-0.05, 0) is 31.7 Å². The van der Waals surface area contributed by atoms with E-state index < -0.39 is 0 Å². The number of ketones is 1. The van der Waals surface area contributed by atoms with E-state index in [0.717, 1.165) is 32.2 Å². The third kappa shape index (κ3) is 2.23. The van der Waals surface area contributed by atoms with Gasteiger partial charge in [-0.1, -0.05) is 6.92 Å². The normalized spacial score (nSPS) is 34.9. The van der Waals surface area contributed by atoms with Crippen molar-refractivity contribution in [1.29, 1.82) is 0 Å². The molecule has 2 rings (SSSR count). The molecule has 15 heavy (non-hydrogen) atoms. The number of nitrogens with zero attached hydrogens (tertiary/aromatic N) is 1. The van der Waals surface area contributed by atoms with Crippen molar-refractivity contribution < 1.29 is 9.90 Å². The van der Waals surface area contributed by atoms with Crippen LogP contribution in [0.3, 0.4) is 0 Å². The SMILES string of the molecule is CC1CCN(C2CCC(=O)CC2)C1CO. The average Bonchev–Trinajstić information content (AvgIpc) is 2.61. The number of aliphatic hydroxyl groups is 1. The Morgan fingerprint density at radius 2 is 2.00 bits per heavy atom. The van der Waals surface area contributed by atoms with Gasteiger partial charge in [0.1, 0.15) is 5.78 Å². The molecule has 2 unspecified atom stereocenters. The summed E-state index contributed by atoms with van der Waals surface area (Å²) >= 11 is 0. The molecule has 2 aliphatic rings. The van der Waals surface area contributed by atoms with Crippen LogP contribution >= 0.6 is 0 Å². The van der Waals surface area contributed by atoms with Crippen LogP contribution in [0.15, 0.2) is 0 Å². The highest BCUT2D eigenvalue weighted by molar-refractivity contribution is 5.79. The minimum Gasteiger partial charge on any atom is -0.395 e. The van der Waals surface area contributed by atoms with E-state index in [9.17, 15) is 9.90 Å². The van der Waals surface area contributed by atoms with Gasteiger partial charge >= 0.3 is 0 Å². The zero-order valence-electron chi connectivity index (χ0n) is 9.48. The zero-order chi connectivity index (χ0) is 10.8. The number of carbonyl (C=O) groups is 1. The Labute approximate surface area is 91.5 Å². The Balaban J connectivity index is 1.95. The number of carbonyl (C=O) groups excluding carboxylic acids is 1. The molecular weight excluding hydrogens is 190 g/mol. The maximum Gasteiger partial charge on any atom is 0.133 e. The summed E-state index contributed by atoms with van der Waals surface area (Å²) < 4.78 is 0. The van der Waals surface area contributed by atoms with E-state index in [2.05, 4.69) is 11.8 Å². The van der Waals surface area contributed by atoms with E-state index in [-0.39, 0.29) is 6.61 Å². The third-order valence-electron chi connectivity index (χ3n) is 4.09. The fraction of sp³-hybridized carbons (Fsp3) is 0.917. The molecule has 2 fully saturated rings. The highest BCUT2D eigenvalue weighted by Crippen LogP contribution is 2.30. The van der Waals surface area contributed by atoms with Gasteiger partial charge < -0.3 is 5.11 Å². The quantitative estimate of drug-likeness (QED) is 0.746. The van der Waals surface area contributed by atoms with Gasteiger partial charge in [0.25, 0.3) is 0 Å². The highest BCUT2D eigenvalue weighted by atomic mass is 16.3. The van der Waals surface area contributed by atoms with Crippen molar-refractivity contribution in [2.24, 2.45) is 5.92 Å². The standard InChI is InChI=1S/C12H21NO2/c1-9-6-7-13(12(9)8-14)10-2-4-11(15)5-3-10/h9-10,12,14H,2-8H2,1H3. The maximum atomic E-state index is 11.2. The van der Waals surface area contributed by atoms with Gasteiger partial charge in [0.05, 0.1) is 6.61 Å². The van der Waals surface area contributed by atoms with Crippen molar-refractivity contribution in [3.05, 3.63) is 0 Å². The van der Waals surface area contributed by atoms with Crippen molar-refractivity contribution >= 4 is 5.78 Å². The molecule has 3 nitrogen and oxygen atoms in total. The Morgan fingerprint density at radius 3 is 2.60 bits per heavy atom. The summed E-state index contributed by atoms with van der Waals surface area (Å²) in [6, 6.07) is 0.882. The average molecular weight is 211 g/mol. The van der Waals surface area contributed by atoms with Crippen molar-refractivity contribution in [3.8, 4) is 0 Å². The van der Waals surface area contributed by atoms with Gasteiger partial charge in [-0.2, -0.15) is 0 Å². The predicted molar refractivity (Wildman–Crippen MR) is 58.6 cm³/mol. The molecule has 1 aliphatic carbocycles. The zero-order valence-corrected chi connectivity index (χ0v) is 9.48. The Morgan fingerprint density at radius 1 is 1.33 bits per heavy atom. The molecule has 1 saturated heterocycles. The maximum absolute atomic E-state index is 11.2. The van der Waals surface area contributed by atoms with Crippen molar-refractivity contribution in [2.75, 3.05) is 13.2 Å². The summed E-state index contributed by atoms with van der Waals surface area (Å²) in [5.41, 5.74) is 0.